The van der Waals surface area contributed by atoms with E-state index in [1.165, 1.54) is 0 Å². The number of unbranched alkanes of at least 4 members (excludes halogenated alkanes) is 1. The Morgan fingerprint density at radius 3 is 2.61 bits per heavy atom. The predicted octanol–water partition coefficient (Wildman–Crippen LogP) is 4.01. The summed E-state index contributed by atoms with van der Waals surface area (Å²) in [6, 6.07) is 11.7. The Kier molecular flexibility index (Phi) is 8.15. The first kappa shape index (κ1) is 25.6. The van der Waals surface area contributed by atoms with Crippen molar-refractivity contribution < 1.29 is 28.9 Å². The van der Waals surface area contributed by atoms with Crippen LogP contribution in [0.1, 0.15) is 43.4 Å². The summed E-state index contributed by atoms with van der Waals surface area (Å²) in [5, 5.41) is 11.4. The third-order valence-corrected chi connectivity index (χ3v) is 6.30. The monoisotopic (exact) mass is 494 g/mol. The normalized spacial score (nSPS) is 18.7. The smallest absolute Gasteiger partial charge is 0.295 e. The van der Waals surface area contributed by atoms with E-state index in [4.69, 9.17) is 14.2 Å². The lowest BCUT2D eigenvalue weighted by molar-refractivity contribution is -0.139. The van der Waals surface area contributed by atoms with Crippen molar-refractivity contribution >= 4 is 17.4 Å². The molecule has 2 aromatic carbocycles. The number of likely N-dealkylation sites (tertiary alicyclic amines) is 1. The summed E-state index contributed by atoms with van der Waals surface area (Å²) in [6.45, 7) is 4.68. The van der Waals surface area contributed by atoms with Gasteiger partial charge in [-0.25, -0.2) is 0 Å². The Labute approximate surface area is 212 Å². The second-order valence-electron chi connectivity index (χ2n) is 9.28. The van der Waals surface area contributed by atoms with Crippen LogP contribution in [0, 0.1) is 0 Å². The zero-order valence-electron chi connectivity index (χ0n) is 21.2. The predicted molar refractivity (Wildman–Crippen MR) is 136 cm³/mol. The van der Waals surface area contributed by atoms with Gasteiger partial charge < -0.3 is 29.1 Å². The zero-order valence-corrected chi connectivity index (χ0v) is 21.2. The van der Waals surface area contributed by atoms with Crippen molar-refractivity contribution in [2.45, 2.75) is 32.2 Å². The largest absolute Gasteiger partial charge is 0.507 e. The number of nitrogens with zero attached hydrogens (tertiary/aromatic N) is 2. The number of ether oxygens (including phenoxy) is 3. The number of hydrogen-bond acceptors (Lipinski definition) is 7. The van der Waals surface area contributed by atoms with Gasteiger partial charge in [0, 0.05) is 12.1 Å². The highest BCUT2D eigenvalue weighted by atomic mass is 16.6. The van der Waals surface area contributed by atoms with E-state index in [2.05, 4.69) is 6.92 Å². The molecule has 0 bridgehead atoms. The maximum Gasteiger partial charge on any atom is 0.295 e. The van der Waals surface area contributed by atoms with Crippen LogP contribution >= 0.6 is 0 Å². The van der Waals surface area contributed by atoms with E-state index in [9.17, 15) is 14.7 Å². The molecule has 192 valence electrons. The summed E-state index contributed by atoms with van der Waals surface area (Å²) in [7, 11) is 3.93. The van der Waals surface area contributed by atoms with Crippen LogP contribution < -0.4 is 14.2 Å². The summed E-state index contributed by atoms with van der Waals surface area (Å²) in [4.78, 5) is 30.1. The average Bonchev–Trinajstić information content (AvgIpc) is 3.13. The van der Waals surface area contributed by atoms with Crippen LogP contribution in [0.5, 0.6) is 17.2 Å². The lowest BCUT2D eigenvalue weighted by atomic mass is 9.95. The van der Waals surface area contributed by atoms with Crippen molar-refractivity contribution in [2.75, 3.05) is 47.0 Å². The zero-order chi connectivity index (χ0) is 25.7. The lowest BCUT2D eigenvalue weighted by Gasteiger charge is -2.26. The summed E-state index contributed by atoms with van der Waals surface area (Å²) >= 11 is 0. The number of rotatable bonds is 10. The fourth-order valence-electron chi connectivity index (χ4n) is 4.47. The SMILES string of the molecule is CCCCOc1cccc([C@@H]2C(=C(O)c3ccc4c(c3)OCCO4)C(=O)C(=O)N2CCCN(C)C)c1. The molecule has 8 heteroatoms. The molecule has 1 N–H and O–H groups in total. The second-order valence-corrected chi connectivity index (χ2v) is 9.28. The number of carbonyl (C=O) groups is 2. The number of carbonyl (C=O) groups excluding carboxylic acids is 2. The molecule has 1 saturated heterocycles. The van der Waals surface area contributed by atoms with Crippen molar-refractivity contribution in [1.29, 1.82) is 0 Å². The van der Waals surface area contributed by atoms with Gasteiger partial charge in [-0.15, -0.1) is 0 Å². The number of fused-ring (bicyclic) bond motifs is 1. The highest BCUT2D eigenvalue weighted by Crippen LogP contribution is 2.41. The summed E-state index contributed by atoms with van der Waals surface area (Å²) in [5.41, 5.74) is 1.17. The van der Waals surface area contributed by atoms with Crippen LogP contribution in [0.15, 0.2) is 48.0 Å². The Hall–Kier alpha value is -3.52. The van der Waals surface area contributed by atoms with Crippen molar-refractivity contribution in [3.63, 3.8) is 0 Å². The molecule has 0 unspecified atom stereocenters. The van der Waals surface area contributed by atoms with E-state index in [1.807, 2.05) is 43.3 Å². The van der Waals surface area contributed by atoms with E-state index in [0.717, 1.165) is 19.4 Å². The summed E-state index contributed by atoms with van der Waals surface area (Å²) in [5.74, 6) is 0.190. The first-order valence-electron chi connectivity index (χ1n) is 12.5. The minimum atomic E-state index is -0.727. The highest BCUT2D eigenvalue weighted by Gasteiger charge is 2.46. The van der Waals surface area contributed by atoms with Crippen molar-refractivity contribution in [1.82, 2.24) is 9.80 Å². The van der Waals surface area contributed by atoms with Gasteiger partial charge in [-0.3, -0.25) is 9.59 Å². The third kappa shape index (κ3) is 5.49. The third-order valence-electron chi connectivity index (χ3n) is 6.30. The Morgan fingerprint density at radius 1 is 1.08 bits per heavy atom. The number of Topliss-reactive ketones (excluding diaryl/α,β-unsaturated/α-hetero) is 1. The average molecular weight is 495 g/mol. The molecule has 2 aliphatic rings. The molecule has 0 radical (unpaired) electrons. The quantitative estimate of drug-likeness (QED) is 0.231. The molecule has 2 heterocycles. The van der Waals surface area contributed by atoms with Gasteiger partial charge in [0.2, 0.25) is 0 Å². The lowest BCUT2D eigenvalue weighted by Crippen LogP contribution is -2.32. The van der Waals surface area contributed by atoms with Gasteiger partial charge >= 0.3 is 0 Å². The molecule has 2 aliphatic heterocycles. The molecule has 1 atom stereocenters. The van der Waals surface area contributed by atoms with Crippen LogP contribution in [-0.4, -0.2) is 73.6 Å². The van der Waals surface area contributed by atoms with Crippen LogP contribution in [0.25, 0.3) is 5.76 Å². The maximum atomic E-state index is 13.3. The number of hydrogen-bond donors (Lipinski definition) is 1. The van der Waals surface area contributed by atoms with Crippen LogP contribution in [0.3, 0.4) is 0 Å². The molecule has 2 aromatic rings. The molecule has 0 aliphatic carbocycles. The number of amides is 1. The molecule has 1 fully saturated rings. The molecule has 4 rings (SSSR count). The van der Waals surface area contributed by atoms with E-state index in [1.54, 1.807) is 23.1 Å². The minimum Gasteiger partial charge on any atom is -0.507 e. The van der Waals surface area contributed by atoms with E-state index in [0.29, 0.717) is 61.2 Å². The maximum absolute atomic E-state index is 13.3. The Bertz CT molecular complexity index is 1140. The molecular formula is C28H34N2O6. The van der Waals surface area contributed by atoms with Crippen LogP contribution in [0.4, 0.5) is 0 Å². The Morgan fingerprint density at radius 2 is 1.86 bits per heavy atom. The van der Waals surface area contributed by atoms with Gasteiger partial charge in [0.05, 0.1) is 18.2 Å². The minimum absolute atomic E-state index is 0.0623. The van der Waals surface area contributed by atoms with Gasteiger partial charge in [0.1, 0.15) is 24.7 Å². The van der Waals surface area contributed by atoms with E-state index < -0.39 is 17.7 Å². The topological polar surface area (TPSA) is 88.5 Å². The molecule has 0 saturated carbocycles. The second kappa shape index (κ2) is 11.5. The fourth-order valence-corrected chi connectivity index (χ4v) is 4.47. The van der Waals surface area contributed by atoms with Crippen molar-refractivity contribution in [3.05, 3.63) is 59.2 Å². The molecule has 36 heavy (non-hydrogen) atoms. The highest BCUT2D eigenvalue weighted by molar-refractivity contribution is 6.46. The van der Waals surface area contributed by atoms with Crippen LogP contribution in [0.2, 0.25) is 0 Å². The number of aliphatic hydroxyl groups excluding tert-OH is 1. The van der Waals surface area contributed by atoms with Gasteiger partial charge in [-0.2, -0.15) is 0 Å². The molecule has 0 aromatic heterocycles. The van der Waals surface area contributed by atoms with Gasteiger partial charge in [0.15, 0.2) is 11.5 Å². The first-order chi connectivity index (χ1) is 17.4. The van der Waals surface area contributed by atoms with Gasteiger partial charge in [0.25, 0.3) is 11.7 Å². The summed E-state index contributed by atoms with van der Waals surface area (Å²) in [6.07, 6.45) is 2.63. The number of aliphatic hydroxyl groups is 1. The van der Waals surface area contributed by atoms with Gasteiger partial charge in [-0.05, 0) is 69.4 Å². The van der Waals surface area contributed by atoms with Crippen molar-refractivity contribution in [3.8, 4) is 17.2 Å². The van der Waals surface area contributed by atoms with E-state index >= 15 is 0 Å². The van der Waals surface area contributed by atoms with E-state index in [-0.39, 0.29) is 11.3 Å². The molecule has 0 spiro atoms. The number of benzene rings is 2. The first-order valence-corrected chi connectivity index (χ1v) is 12.5. The Balaban J connectivity index is 1.75. The standard InChI is InChI=1S/C28H34N2O6/c1-4-5-14-34-21-9-6-8-19(17-21)25-24(27(32)28(33)30(25)13-7-12-29(2)3)26(31)20-10-11-22-23(18-20)36-16-15-35-22/h6,8-11,17-18,25,31H,4-5,7,12-16H2,1-3H3/t25-/m1/s1. The molecule has 8 nitrogen and oxygen atoms in total. The fraction of sp³-hybridized carbons (Fsp3) is 0.429. The molecule has 1 amide bonds. The van der Waals surface area contributed by atoms with Gasteiger partial charge in [-0.1, -0.05) is 25.5 Å². The van der Waals surface area contributed by atoms with Crippen molar-refractivity contribution in [2.24, 2.45) is 0 Å². The van der Waals surface area contributed by atoms with Crippen LogP contribution in [-0.2, 0) is 9.59 Å². The summed E-state index contributed by atoms with van der Waals surface area (Å²) < 4.78 is 17.1. The number of ketones is 1. The molecular weight excluding hydrogens is 460 g/mol.